The Kier molecular flexibility index (Phi) is 5.76. The zero-order valence-corrected chi connectivity index (χ0v) is 10.9. The summed E-state index contributed by atoms with van der Waals surface area (Å²) in [6, 6.07) is 10.8. The third kappa shape index (κ3) is 5.53. The van der Waals surface area contributed by atoms with Gasteiger partial charge in [-0.3, -0.25) is 4.90 Å². The van der Waals surface area contributed by atoms with Gasteiger partial charge in [0.1, 0.15) is 6.10 Å². The molecule has 1 atom stereocenters. The molecule has 0 unspecified atom stereocenters. The van der Waals surface area contributed by atoms with Crippen LogP contribution in [-0.2, 0) is 6.54 Å². The van der Waals surface area contributed by atoms with Crippen molar-refractivity contribution >= 4 is 0 Å². The zero-order valence-electron chi connectivity index (χ0n) is 10.9. The Labute approximate surface area is 104 Å². The fourth-order valence-electron chi connectivity index (χ4n) is 1.53. The zero-order chi connectivity index (χ0) is 12.7. The molecular formula is C15H21NO. The van der Waals surface area contributed by atoms with Crippen LogP contribution in [0, 0.1) is 11.8 Å². The van der Waals surface area contributed by atoms with Crippen molar-refractivity contribution in [2.45, 2.75) is 39.5 Å². The van der Waals surface area contributed by atoms with Crippen molar-refractivity contribution in [2.24, 2.45) is 0 Å². The summed E-state index contributed by atoms with van der Waals surface area (Å²) in [5, 5.41) is 9.10. The first kappa shape index (κ1) is 13.8. The van der Waals surface area contributed by atoms with Crippen LogP contribution in [-0.4, -0.2) is 28.7 Å². The summed E-state index contributed by atoms with van der Waals surface area (Å²) in [6.07, 6.45) is -0.541. The highest BCUT2D eigenvalue weighted by molar-refractivity contribution is 5.15. The average molecular weight is 231 g/mol. The second-order valence-electron chi connectivity index (χ2n) is 4.48. The quantitative estimate of drug-likeness (QED) is 0.804. The minimum Gasteiger partial charge on any atom is -0.381 e. The van der Waals surface area contributed by atoms with Crippen LogP contribution in [0.5, 0.6) is 0 Å². The third-order valence-electron chi connectivity index (χ3n) is 2.55. The van der Waals surface area contributed by atoms with Gasteiger partial charge in [0.25, 0.3) is 0 Å². The van der Waals surface area contributed by atoms with Crippen molar-refractivity contribution in [3.63, 3.8) is 0 Å². The Bertz CT molecular complexity index is 373. The van der Waals surface area contributed by atoms with Crippen molar-refractivity contribution in [1.29, 1.82) is 0 Å². The molecule has 0 saturated carbocycles. The van der Waals surface area contributed by atoms with Gasteiger partial charge in [-0.1, -0.05) is 42.2 Å². The second kappa shape index (κ2) is 7.11. The third-order valence-corrected chi connectivity index (χ3v) is 2.55. The lowest BCUT2D eigenvalue weighted by atomic mass is 10.2. The summed E-state index contributed by atoms with van der Waals surface area (Å²) < 4.78 is 0. The molecule has 1 aromatic carbocycles. The van der Waals surface area contributed by atoms with Crippen molar-refractivity contribution in [3.8, 4) is 11.8 Å². The van der Waals surface area contributed by atoms with Crippen molar-refractivity contribution in [2.75, 3.05) is 6.54 Å². The minimum atomic E-state index is -0.541. The predicted molar refractivity (Wildman–Crippen MR) is 71.4 cm³/mol. The lowest BCUT2D eigenvalue weighted by molar-refractivity contribution is 0.238. The summed E-state index contributed by atoms with van der Waals surface area (Å²) in [5.41, 5.74) is 1.29. The van der Waals surface area contributed by atoms with Crippen LogP contribution in [0.2, 0.25) is 0 Å². The molecule has 1 N–H and O–H groups in total. The van der Waals surface area contributed by atoms with Gasteiger partial charge in [-0.05, 0) is 26.3 Å². The SMILES string of the molecule is CC(C)N(CC#C[C@@H](C)O)Cc1ccccc1. The number of hydrogen-bond donors (Lipinski definition) is 1. The first-order valence-corrected chi connectivity index (χ1v) is 6.04. The maximum atomic E-state index is 9.10. The normalized spacial score (nSPS) is 12.4. The Morgan fingerprint density at radius 3 is 2.35 bits per heavy atom. The van der Waals surface area contributed by atoms with Crippen LogP contribution >= 0.6 is 0 Å². The van der Waals surface area contributed by atoms with Gasteiger partial charge in [-0.15, -0.1) is 0 Å². The van der Waals surface area contributed by atoms with E-state index in [1.807, 2.05) is 6.07 Å². The van der Waals surface area contributed by atoms with Crippen LogP contribution in [0.15, 0.2) is 30.3 Å². The van der Waals surface area contributed by atoms with Crippen molar-refractivity contribution in [3.05, 3.63) is 35.9 Å². The first-order chi connectivity index (χ1) is 8.09. The highest BCUT2D eigenvalue weighted by atomic mass is 16.3. The molecule has 0 spiro atoms. The molecule has 0 amide bonds. The lowest BCUT2D eigenvalue weighted by Gasteiger charge is -2.24. The number of aliphatic hydroxyl groups excluding tert-OH is 1. The Balaban J connectivity index is 2.59. The van der Waals surface area contributed by atoms with Gasteiger partial charge in [0, 0.05) is 12.6 Å². The van der Waals surface area contributed by atoms with Gasteiger partial charge in [0.15, 0.2) is 0 Å². The van der Waals surface area contributed by atoms with E-state index in [0.29, 0.717) is 12.6 Å². The van der Waals surface area contributed by atoms with Crippen LogP contribution < -0.4 is 0 Å². The molecule has 2 nitrogen and oxygen atoms in total. The van der Waals surface area contributed by atoms with E-state index < -0.39 is 6.10 Å². The van der Waals surface area contributed by atoms with E-state index in [4.69, 9.17) is 5.11 Å². The molecule has 0 aliphatic rings. The van der Waals surface area contributed by atoms with E-state index in [-0.39, 0.29) is 0 Å². The fourth-order valence-corrected chi connectivity index (χ4v) is 1.53. The van der Waals surface area contributed by atoms with Crippen LogP contribution in [0.4, 0.5) is 0 Å². The molecule has 0 fully saturated rings. The van der Waals surface area contributed by atoms with Gasteiger partial charge < -0.3 is 5.11 Å². The van der Waals surface area contributed by atoms with Crippen molar-refractivity contribution < 1.29 is 5.11 Å². The number of hydrogen-bond acceptors (Lipinski definition) is 2. The van der Waals surface area contributed by atoms with Crippen LogP contribution in [0.1, 0.15) is 26.3 Å². The van der Waals surface area contributed by atoms with E-state index in [1.54, 1.807) is 6.92 Å². The smallest absolute Gasteiger partial charge is 0.112 e. The standard InChI is InChI=1S/C15H21NO/c1-13(2)16(11-7-8-14(3)17)12-15-9-5-4-6-10-15/h4-6,9-10,13-14,17H,11-12H2,1-3H3/t14-/m1/s1. The molecule has 1 aromatic rings. The predicted octanol–water partition coefficient (Wildman–Crippen LogP) is 2.28. The molecule has 92 valence electrons. The van der Waals surface area contributed by atoms with Crippen LogP contribution in [0.25, 0.3) is 0 Å². The largest absolute Gasteiger partial charge is 0.381 e. The van der Waals surface area contributed by atoms with Crippen molar-refractivity contribution in [1.82, 2.24) is 4.90 Å². The molecule has 0 heterocycles. The van der Waals surface area contributed by atoms with E-state index in [2.05, 4.69) is 54.9 Å². The highest BCUT2D eigenvalue weighted by Crippen LogP contribution is 2.07. The molecule has 1 rings (SSSR count). The summed E-state index contributed by atoms with van der Waals surface area (Å²) in [4.78, 5) is 2.28. The number of benzene rings is 1. The fraction of sp³-hybridized carbons (Fsp3) is 0.467. The molecule has 17 heavy (non-hydrogen) atoms. The Hall–Kier alpha value is -1.30. The second-order valence-corrected chi connectivity index (χ2v) is 4.48. The molecule has 0 radical (unpaired) electrons. The molecule has 2 heteroatoms. The molecule has 0 bridgehead atoms. The van der Waals surface area contributed by atoms with Crippen LogP contribution in [0.3, 0.4) is 0 Å². The van der Waals surface area contributed by atoms with E-state index in [9.17, 15) is 0 Å². The minimum absolute atomic E-state index is 0.443. The summed E-state index contributed by atoms with van der Waals surface area (Å²) >= 11 is 0. The maximum Gasteiger partial charge on any atom is 0.112 e. The van der Waals surface area contributed by atoms with E-state index in [1.165, 1.54) is 5.56 Å². The Morgan fingerprint density at radius 2 is 1.82 bits per heavy atom. The number of aliphatic hydroxyl groups is 1. The monoisotopic (exact) mass is 231 g/mol. The van der Waals surface area contributed by atoms with E-state index in [0.717, 1.165) is 6.54 Å². The molecule has 0 aliphatic heterocycles. The Morgan fingerprint density at radius 1 is 1.18 bits per heavy atom. The van der Waals surface area contributed by atoms with Gasteiger partial charge in [-0.2, -0.15) is 0 Å². The van der Waals surface area contributed by atoms with Gasteiger partial charge in [0.05, 0.1) is 6.54 Å². The number of nitrogens with zero attached hydrogens (tertiary/aromatic N) is 1. The first-order valence-electron chi connectivity index (χ1n) is 6.04. The summed E-state index contributed by atoms with van der Waals surface area (Å²) in [5.74, 6) is 5.79. The lowest BCUT2D eigenvalue weighted by Crippen LogP contribution is -2.30. The summed E-state index contributed by atoms with van der Waals surface area (Å²) in [7, 11) is 0. The maximum absolute atomic E-state index is 9.10. The van der Waals surface area contributed by atoms with Gasteiger partial charge in [0.2, 0.25) is 0 Å². The molecule has 0 aliphatic carbocycles. The molecule has 0 aromatic heterocycles. The molecular weight excluding hydrogens is 210 g/mol. The van der Waals surface area contributed by atoms with Gasteiger partial charge in [-0.25, -0.2) is 0 Å². The number of rotatable bonds is 4. The van der Waals surface area contributed by atoms with E-state index >= 15 is 0 Å². The van der Waals surface area contributed by atoms with Gasteiger partial charge >= 0.3 is 0 Å². The average Bonchev–Trinajstić information content (AvgIpc) is 2.28. The highest BCUT2D eigenvalue weighted by Gasteiger charge is 2.08. The molecule has 0 saturated heterocycles. The summed E-state index contributed by atoms with van der Waals surface area (Å²) in [6.45, 7) is 7.59. The topological polar surface area (TPSA) is 23.5 Å².